The molecular weight excluding hydrogens is 314 g/mol. The molecule has 2 bridgehead atoms. The van der Waals surface area contributed by atoms with Crippen LogP contribution in [0.15, 0.2) is 24.5 Å². The molecule has 5 nitrogen and oxygen atoms in total. The van der Waals surface area contributed by atoms with Crippen molar-refractivity contribution in [2.45, 2.75) is 76.3 Å². The normalized spacial score (nSPS) is 30.6. The summed E-state index contributed by atoms with van der Waals surface area (Å²) in [5.41, 5.74) is 1.29. The predicted octanol–water partition coefficient (Wildman–Crippen LogP) is 2.60. The third kappa shape index (κ3) is 3.87. The highest BCUT2D eigenvalue weighted by Crippen LogP contribution is 2.37. The molecule has 0 radical (unpaired) electrons. The zero-order valence-corrected chi connectivity index (χ0v) is 15.1. The van der Waals surface area contributed by atoms with Crippen molar-refractivity contribution < 1.29 is 9.53 Å². The molecule has 0 aromatic carbocycles. The van der Waals surface area contributed by atoms with Crippen LogP contribution < -0.4 is 0 Å². The molecule has 1 aromatic heterocycles. The molecule has 3 aliphatic rings. The lowest BCUT2D eigenvalue weighted by atomic mass is 9.98. The Labute approximate surface area is 150 Å². The summed E-state index contributed by atoms with van der Waals surface area (Å²) >= 11 is 0. The summed E-state index contributed by atoms with van der Waals surface area (Å²) in [6.07, 6.45) is 11.1. The van der Waals surface area contributed by atoms with Crippen LogP contribution in [0.2, 0.25) is 0 Å². The van der Waals surface area contributed by atoms with Crippen LogP contribution in [0.3, 0.4) is 0 Å². The number of pyridine rings is 1. The van der Waals surface area contributed by atoms with Crippen LogP contribution in [-0.4, -0.2) is 58.1 Å². The second kappa shape index (κ2) is 7.42. The van der Waals surface area contributed by atoms with Gasteiger partial charge in [-0.3, -0.25) is 14.7 Å². The average Bonchev–Trinajstić information content (AvgIpc) is 2.89. The summed E-state index contributed by atoms with van der Waals surface area (Å²) in [4.78, 5) is 20.6. The van der Waals surface area contributed by atoms with Crippen LogP contribution in [0.5, 0.6) is 0 Å². The first kappa shape index (κ1) is 17.0. The highest BCUT2D eigenvalue weighted by Gasteiger charge is 2.43. The Kier molecular flexibility index (Phi) is 5.04. The number of aromatic nitrogens is 1. The SMILES string of the molecule is CC(=O)N1[C@@H]2CC[C@H]1CC(OC1CCN(Cc3cccnc3)CC1)C2. The molecule has 1 amide bonds. The van der Waals surface area contributed by atoms with Crippen LogP contribution >= 0.6 is 0 Å². The minimum atomic E-state index is 0.245. The van der Waals surface area contributed by atoms with Gasteiger partial charge in [0.2, 0.25) is 5.91 Å². The van der Waals surface area contributed by atoms with Crippen molar-refractivity contribution in [2.24, 2.45) is 0 Å². The Balaban J connectivity index is 1.24. The minimum absolute atomic E-state index is 0.245. The lowest BCUT2D eigenvalue weighted by molar-refractivity contribution is -0.138. The number of likely N-dealkylation sites (tertiary alicyclic amines) is 1. The van der Waals surface area contributed by atoms with E-state index >= 15 is 0 Å². The molecule has 4 heterocycles. The fraction of sp³-hybridized carbons (Fsp3) is 0.700. The molecule has 0 spiro atoms. The van der Waals surface area contributed by atoms with Gasteiger partial charge < -0.3 is 9.64 Å². The summed E-state index contributed by atoms with van der Waals surface area (Å²) in [6, 6.07) is 5.00. The van der Waals surface area contributed by atoms with Crippen molar-refractivity contribution in [2.75, 3.05) is 13.1 Å². The third-order valence-electron chi connectivity index (χ3n) is 6.10. The van der Waals surface area contributed by atoms with E-state index in [1.54, 1.807) is 6.92 Å². The smallest absolute Gasteiger partial charge is 0.219 e. The van der Waals surface area contributed by atoms with E-state index in [4.69, 9.17) is 4.74 Å². The topological polar surface area (TPSA) is 45.7 Å². The molecule has 1 unspecified atom stereocenters. The Morgan fingerprint density at radius 2 is 1.88 bits per heavy atom. The minimum Gasteiger partial charge on any atom is -0.375 e. The lowest BCUT2D eigenvalue weighted by Gasteiger charge is -2.41. The maximum Gasteiger partial charge on any atom is 0.219 e. The zero-order valence-electron chi connectivity index (χ0n) is 15.1. The van der Waals surface area contributed by atoms with E-state index in [-0.39, 0.29) is 5.91 Å². The van der Waals surface area contributed by atoms with E-state index < -0.39 is 0 Å². The molecule has 25 heavy (non-hydrogen) atoms. The van der Waals surface area contributed by atoms with Gasteiger partial charge in [-0.1, -0.05) is 6.07 Å². The van der Waals surface area contributed by atoms with Gasteiger partial charge in [0.05, 0.1) is 12.2 Å². The number of carbonyl (C=O) groups excluding carboxylic acids is 1. The number of ether oxygens (including phenoxy) is 1. The largest absolute Gasteiger partial charge is 0.375 e. The van der Waals surface area contributed by atoms with Gasteiger partial charge in [0, 0.05) is 51.0 Å². The van der Waals surface area contributed by atoms with Gasteiger partial charge >= 0.3 is 0 Å². The van der Waals surface area contributed by atoms with Crippen molar-refractivity contribution in [3.63, 3.8) is 0 Å². The first-order chi connectivity index (χ1) is 12.2. The van der Waals surface area contributed by atoms with Crippen LogP contribution in [0, 0.1) is 0 Å². The quantitative estimate of drug-likeness (QED) is 0.843. The maximum atomic E-state index is 11.8. The van der Waals surface area contributed by atoms with Crippen LogP contribution in [0.1, 0.15) is 51.0 Å². The van der Waals surface area contributed by atoms with Gasteiger partial charge in [0.15, 0.2) is 0 Å². The average molecular weight is 343 g/mol. The molecular formula is C20H29N3O2. The number of rotatable bonds is 4. The molecule has 3 atom stereocenters. The second-order valence-electron chi connectivity index (χ2n) is 7.88. The highest BCUT2D eigenvalue weighted by molar-refractivity contribution is 5.74. The molecule has 5 heteroatoms. The summed E-state index contributed by atoms with van der Waals surface area (Å²) in [6.45, 7) is 4.89. The number of fused-ring (bicyclic) bond motifs is 2. The van der Waals surface area contributed by atoms with Gasteiger partial charge in [-0.05, 0) is 50.2 Å². The molecule has 0 saturated carbocycles. The zero-order chi connectivity index (χ0) is 17.2. The van der Waals surface area contributed by atoms with Crippen molar-refractivity contribution in [3.05, 3.63) is 30.1 Å². The molecule has 4 rings (SSSR count). The van der Waals surface area contributed by atoms with E-state index in [2.05, 4.69) is 20.9 Å². The molecule has 1 aromatic rings. The fourth-order valence-electron chi connectivity index (χ4n) is 4.98. The first-order valence-electron chi connectivity index (χ1n) is 9.74. The number of nitrogens with zero attached hydrogens (tertiary/aromatic N) is 3. The van der Waals surface area contributed by atoms with Crippen molar-refractivity contribution in [3.8, 4) is 0 Å². The van der Waals surface area contributed by atoms with Gasteiger partial charge in [0.1, 0.15) is 0 Å². The maximum absolute atomic E-state index is 11.8. The summed E-state index contributed by atoms with van der Waals surface area (Å²) in [5, 5.41) is 0. The lowest BCUT2D eigenvalue weighted by Crippen LogP contribution is -2.49. The standard InChI is InChI=1S/C20H29N3O2/c1-15(24)23-17-4-5-18(23)12-20(11-17)25-19-6-9-22(10-7-19)14-16-3-2-8-21-13-16/h2-3,8,13,17-20H,4-7,9-12,14H2,1H3/t17-,18+,20?. The first-order valence-corrected chi connectivity index (χ1v) is 9.74. The van der Waals surface area contributed by atoms with E-state index in [1.807, 2.05) is 18.5 Å². The van der Waals surface area contributed by atoms with E-state index in [9.17, 15) is 4.79 Å². The van der Waals surface area contributed by atoms with E-state index in [1.165, 1.54) is 5.56 Å². The van der Waals surface area contributed by atoms with E-state index in [0.29, 0.717) is 24.3 Å². The molecule has 136 valence electrons. The number of hydrogen-bond acceptors (Lipinski definition) is 4. The van der Waals surface area contributed by atoms with Crippen molar-refractivity contribution in [1.29, 1.82) is 0 Å². The summed E-state index contributed by atoms with van der Waals surface area (Å²) in [7, 11) is 0. The van der Waals surface area contributed by atoms with Crippen LogP contribution in [0.4, 0.5) is 0 Å². The molecule has 0 aliphatic carbocycles. The number of piperidine rings is 2. The Morgan fingerprint density at radius 1 is 1.16 bits per heavy atom. The summed E-state index contributed by atoms with van der Waals surface area (Å²) in [5.74, 6) is 0.245. The Bertz CT molecular complexity index is 572. The van der Waals surface area contributed by atoms with Crippen LogP contribution in [-0.2, 0) is 16.1 Å². The number of hydrogen-bond donors (Lipinski definition) is 0. The molecule has 3 aliphatic heterocycles. The van der Waals surface area contributed by atoms with Gasteiger partial charge in [-0.2, -0.15) is 0 Å². The molecule has 3 saturated heterocycles. The third-order valence-corrected chi connectivity index (χ3v) is 6.10. The van der Waals surface area contributed by atoms with Gasteiger partial charge in [0.25, 0.3) is 0 Å². The number of amides is 1. The van der Waals surface area contributed by atoms with Crippen LogP contribution in [0.25, 0.3) is 0 Å². The van der Waals surface area contributed by atoms with Crippen molar-refractivity contribution in [1.82, 2.24) is 14.8 Å². The predicted molar refractivity (Wildman–Crippen MR) is 96.0 cm³/mol. The Hall–Kier alpha value is -1.46. The number of carbonyl (C=O) groups is 1. The molecule has 0 N–H and O–H groups in total. The van der Waals surface area contributed by atoms with Gasteiger partial charge in [-0.15, -0.1) is 0 Å². The Morgan fingerprint density at radius 3 is 2.48 bits per heavy atom. The van der Waals surface area contributed by atoms with Crippen molar-refractivity contribution >= 4 is 5.91 Å². The molecule has 3 fully saturated rings. The van der Waals surface area contributed by atoms with Gasteiger partial charge in [-0.25, -0.2) is 0 Å². The monoisotopic (exact) mass is 343 g/mol. The second-order valence-corrected chi connectivity index (χ2v) is 7.88. The fourth-order valence-corrected chi connectivity index (χ4v) is 4.98. The van der Waals surface area contributed by atoms with E-state index in [0.717, 1.165) is 58.2 Å². The summed E-state index contributed by atoms with van der Waals surface area (Å²) < 4.78 is 6.46. The highest BCUT2D eigenvalue weighted by atomic mass is 16.5.